The summed E-state index contributed by atoms with van der Waals surface area (Å²) in [5.41, 5.74) is 0. The van der Waals surface area contributed by atoms with E-state index in [-0.39, 0.29) is 25.2 Å². The quantitative estimate of drug-likeness (QED) is 0.0351. The molecule has 56 heavy (non-hydrogen) atoms. The highest BCUT2D eigenvalue weighted by atomic mass is 16.6. The molecular formula is C51H88O5. The fraction of sp³-hybridized carbons (Fsp3) is 0.725. The molecule has 0 saturated carbocycles. The average molecular weight is 781 g/mol. The van der Waals surface area contributed by atoms with Crippen LogP contribution in [0.15, 0.2) is 72.9 Å². The molecule has 0 heterocycles. The highest BCUT2D eigenvalue weighted by Crippen LogP contribution is 2.13. The number of unbranched alkanes of at least 4 members (excludes halogenated alkanes) is 19. The average Bonchev–Trinajstić information content (AvgIpc) is 3.20. The summed E-state index contributed by atoms with van der Waals surface area (Å²) in [4.78, 5) is 25.3. The topological polar surface area (TPSA) is 61.8 Å². The molecule has 0 aliphatic carbocycles. The molecule has 322 valence electrons. The highest BCUT2D eigenvalue weighted by molar-refractivity contribution is 5.70. The minimum atomic E-state index is -0.551. The smallest absolute Gasteiger partial charge is 0.306 e. The predicted molar refractivity (Wildman–Crippen MR) is 242 cm³/mol. The Morgan fingerprint density at radius 1 is 0.411 bits per heavy atom. The molecular weight excluding hydrogens is 693 g/mol. The van der Waals surface area contributed by atoms with Gasteiger partial charge < -0.3 is 14.2 Å². The van der Waals surface area contributed by atoms with Gasteiger partial charge >= 0.3 is 11.9 Å². The van der Waals surface area contributed by atoms with E-state index in [1.807, 2.05) is 0 Å². The summed E-state index contributed by atoms with van der Waals surface area (Å²) in [6.45, 7) is 7.56. The Bertz CT molecular complexity index is 1020. The zero-order chi connectivity index (χ0) is 40.7. The van der Waals surface area contributed by atoms with E-state index in [9.17, 15) is 9.59 Å². The van der Waals surface area contributed by atoms with E-state index in [4.69, 9.17) is 14.2 Å². The van der Waals surface area contributed by atoms with Gasteiger partial charge in [0.1, 0.15) is 6.61 Å². The number of rotatable bonds is 42. The molecule has 0 aromatic heterocycles. The van der Waals surface area contributed by atoms with Crippen LogP contribution in [0.2, 0.25) is 0 Å². The molecule has 0 aliphatic rings. The van der Waals surface area contributed by atoms with Gasteiger partial charge in [0.2, 0.25) is 0 Å². The maximum absolute atomic E-state index is 12.7. The molecule has 0 N–H and O–H groups in total. The molecule has 1 atom stereocenters. The van der Waals surface area contributed by atoms with Gasteiger partial charge in [-0.3, -0.25) is 9.59 Å². The molecule has 5 heteroatoms. The number of ether oxygens (including phenoxy) is 3. The molecule has 0 rings (SSSR count). The van der Waals surface area contributed by atoms with Gasteiger partial charge in [-0.05, 0) is 83.5 Å². The Morgan fingerprint density at radius 2 is 0.804 bits per heavy atom. The van der Waals surface area contributed by atoms with Crippen molar-refractivity contribution in [3.63, 3.8) is 0 Å². The number of allylic oxidation sites excluding steroid dienone is 12. The van der Waals surface area contributed by atoms with Gasteiger partial charge in [-0.1, -0.05) is 190 Å². The summed E-state index contributed by atoms with van der Waals surface area (Å²) in [5, 5.41) is 0. The molecule has 0 aliphatic heterocycles. The first kappa shape index (κ1) is 53.3. The number of carbonyl (C=O) groups is 2. The van der Waals surface area contributed by atoms with Gasteiger partial charge in [0.25, 0.3) is 0 Å². The summed E-state index contributed by atoms with van der Waals surface area (Å²) in [6, 6.07) is 0. The lowest BCUT2D eigenvalue weighted by Gasteiger charge is -2.18. The van der Waals surface area contributed by atoms with Crippen LogP contribution in [-0.2, 0) is 23.8 Å². The van der Waals surface area contributed by atoms with Crippen LogP contribution in [0.4, 0.5) is 0 Å². The van der Waals surface area contributed by atoms with Crippen molar-refractivity contribution in [2.75, 3.05) is 19.8 Å². The standard InChI is InChI=1S/C51H88O5/c1-4-7-10-13-16-19-22-24-26-28-30-32-35-38-41-44-50(52)55-48-49(47-54-46-43-40-37-34-21-18-15-12-9-6-3)56-51(53)45-42-39-36-33-31-29-27-25-23-20-17-14-11-8-5-2/h7-8,10-11,16-17,19-20,24-27,49H,4-6,9,12-15,18,21-23,28-48H2,1-3H3/b10-7-,11-8-,19-16-,20-17-,26-24-,27-25-. The van der Waals surface area contributed by atoms with Crippen LogP contribution < -0.4 is 0 Å². The Hall–Kier alpha value is -2.66. The first-order chi connectivity index (χ1) is 27.6. The minimum absolute atomic E-state index is 0.0682. The van der Waals surface area contributed by atoms with Gasteiger partial charge in [0.05, 0.1) is 6.61 Å². The lowest BCUT2D eigenvalue weighted by molar-refractivity contribution is -0.163. The first-order valence-electron chi connectivity index (χ1n) is 23.5. The van der Waals surface area contributed by atoms with Crippen LogP contribution in [0.1, 0.15) is 213 Å². The van der Waals surface area contributed by atoms with Crippen molar-refractivity contribution in [1.29, 1.82) is 0 Å². The maximum atomic E-state index is 12.7. The SMILES string of the molecule is CC/C=C\C/C=C\C/C=C\CCCCCCCC(=O)OCC(COCCCCCCCCCCCC)OC(=O)CCCCCCC/C=C\C/C=C\C/C=C\CC. The van der Waals surface area contributed by atoms with E-state index in [2.05, 4.69) is 93.7 Å². The fourth-order valence-electron chi connectivity index (χ4n) is 6.30. The number of esters is 2. The predicted octanol–water partition coefficient (Wildman–Crippen LogP) is 15.6. The van der Waals surface area contributed by atoms with E-state index < -0.39 is 6.10 Å². The van der Waals surface area contributed by atoms with Crippen molar-refractivity contribution in [2.24, 2.45) is 0 Å². The van der Waals surface area contributed by atoms with E-state index in [0.717, 1.165) is 103 Å². The third kappa shape index (κ3) is 44.1. The summed E-state index contributed by atoms with van der Waals surface area (Å²) < 4.78 is 17.3. The second kappa shape index (κ2) is 46.7. The van der Waals surface area contributed by atoms with Crippen molar-refractivity contribution >= 4 is 11.9 Å². The lowest BCUT2D eigenvalue weighted by Crippen LogP contribution is -2.30. The van der Waals surface area contributed by atoms with E-state index in [0.29, 0.717) is 19.4 Å². The fourth-order valence-corrected chi connectivity index (χ4v) is 6.30. The Morgan fingerprint density at radius 3 is 1.29 bits per heavy atom. The first-order valence-corrected chi connectivity index (χ1v) is 23.5. The molecule has 0 spiro atoms. The van der Waals surface area contributed by atoms with Crippen LogP contribution in [0.5, 0.6) is 0 Å². The zero-order valence-electron chi connectivity index (χ0n) is 36.9. The lowest BCUT2D eigenvalue weighted by atomic mass is 10.1. The van der Waals surface area contributed by atoms with Gasteiger partial charge in [-0.2, -0.15) is 0 Å². The summed E-state index contributed by atoms with van der Waals surface area (Å²) in [7, 11) is 0. The van der Waals surface area contributed by atoms with Gasteiger partial charge in [0, 0.05) is 19.4 Å². The monoisotopic (exact) mass is 781 g/mol. The third-order valence-corrected chi connectivity index (χ3v) is 9.74. The molecule has 1 unspecified atom stereocenters. The molecule has 0 amide bonds. The summed E-state index contributed by atoms with van der Waals surface area (Å²) in [6.07, 6.45) is 59.0. The Balaban J connectivity index is 4.30. The van der Waals surface area contributed by atoms with Gasteiger partial charge in [-0.25, -0.2) is 0 Å². The van der Waals surface area contributed by atoms with Crippen LogP contribution in [0.25, 0.3) is 0 Å². The van der Waals surface area contributed by atoms with E-state index >= 15 is 0 Å². The largest absolute Gasteiger partial charge is 0.462 e. The van der Waals surface area contributed by atoms with Crippen LogP contribution >= 0.6 is 0 Å². The number of hydrogen-bond acceptors (Lipinski definition) is 5. The Kier molecular flexibility index (Phi) is 44.5. The molecule has 0 saturated heterocycles. The second-order valence-corrected chi connectivity index (χ2v) is 15.3. The van der Waals surface area contributed by atoms with Crippen molar-refractivity contribution in [3.05, 3.63) is 72.9 Å². The zero-order valence-corrected chi connectivity index (χ0v) is 36.9. The summed E-state index contributed by atoms with van der Waals surface area (Å²) >= 11 is 0. The van der Waals surface area contributed by atoms with Crippen molar-refractivity contribution in [1.82, 2.24) is 0 Å². The van der Waals surface area contributed by atoms with Crippen LogP contribution in [0, 0.1) is 0 Å². The van der Waals surface area contributed by atoms with Crippen molar-refractivity contribution in [2.45, 2.75) is 219 Å². The van der Waals surface area contributed by atoms with Crippen molar-refractivity contribution in [3.8, 4) is 0 Å². The molecule has 0 aromatic carbocycles. The maximum Gasteiger partial charge on any atom is 0.306 e. The highest BCUT2D eigenvalue weighted by Gasteiger charge is 2.17. The minimum Gasteiger partial charge on any atom is -0.462 e. The van der Waals surface area contributed by atoms with Gasteiger partial charge in [0.15, 0.2) is 6.10 Å². The summed E-state index contributed by atoms with van der Waals surface area (Å²) in [5.74, 6) is -0.436. The molecule has 0 bridgehead atoms. The number of hydrogen-bond donors (Lipinski definition) is 0. The second-order valence-electron chi connectivity index (χ2n) is 15.3. The van der Waals surface area contributed by atoms with E-state index in [1.165, 1.54) is 77.0 Å². The normalized spacial score (nSPS) is 12.8. The number of carbonyl (C=O) groups excluding carboxylic acids is 2. The molecule has 0 radical (unpaired) electrons. The van der Waals surface area contributed by atoms with Crippen LogP contribution in [-0.4, -0.2) is 37.9 Å². The third-order valence-electron chi connectivity index (χ3n) is 9.74. The van der Waals surface area contributed by atoms with Gasteiger partial charge in [-0.15, -0.1) is 0 Å². The van der Waals surface area contributed by atoms with E-state index in [1.54, 1.807) is 0 Å². The Labute approximate surface area is 347 Å². The molecule has 0 aromatic rings. The molecule has 0 fully saturated rings. The molecule has 5 nitrogen and oxygen atoms in total. The van der Waals surface area contributed by atoms with Crippen LogP contribution in [0.3, 0.4) is 0 Å². The van der Waals surface area contributed by atoms with Crippen molar-refractivity contribution < 1.29 is 23.8 Å².